The predicted molar refractivity (Wildman–Crippen MR) is 101 cm³/mol. The Morgan fingerprint density at radius 3 is 2.76 bits per heavy atom. The Labute approximate surface area is 153 Å². The van der Waals surface area contributed by atoms with E-state index in [1.165, 1.54) is 0 Å². The summed E-state index contributed by atoms with van der Waals surface area (Å²) in [4.78, 5) is 24.1. The number of nitrogen functional groups attached to an aromatic ring is 1. The van der Waals surface area contributed by atoms with Gasteiger partial charge in [0.05, 0.1) is 23.1 Å². The molecule has 1 fully saturated rings. The lowest BCUT2D eigenvalue weighted by atomic mass is 10.0. The van der Waals surface area contributed by atoms with Gasteiger partial charge in [-0.1, -0.05) is 28.1 Å². The van der Waals surface area contributed by atoms with Gasteiger partial charge in [0.2, 0.25) is 0 Å². The van der Waals surface area contributed by atoms with E-state index in [2.05, 4.69) is 25.9 Å². The van der Waals surface area contributed by atoms with E-state index in [4.69, 9.17) is 5.73 Å². The lowest BCUT2D eigenvalue weighted by Crippen LogP contribution is -2.29. The molecule has 1 aliphatic rings. The van der Waals surface area contributed by atoms with Crippen molar-refractivity contribution in [3.8, 4) is 11.3 Å². The molecule has 3 aromatic rings. The molecular formula is C18H18BrN5O. The zero-order chi connectivity index (χ0) is 17.6. The number of hydrogen-bond acceptors (Lipinski definition) is 4. The van der Waals surface area contributed by atoms with Gasteiger partial charge in [-0.05, 0) is 25.0 Å². The topological polar surface area (TPSA) is 77.0 Å². The molecule has 0 saturated carbocycles. The van der Waals surface area contributed by atoms with Crippen LogP contribution in [0.25, 0.3) is 22.3 Å². The Morgan fingerprint density at radius 2 is 2.04 bits per heavy atom. The van der Waals surface area contributed by atoms with Gasteiger partial charge in [-0.25, -0.2) is 9.97 Å². The second-order valence-electron chi connectivity index (χ2n) is 6.28. The number of fused-ring (bicyclic) bond motifs is 1. The summed E-state index contributed by atoms with van der Waals surface area (Å²) in [6.07, 6.45) is 3.75. The number of amides is 1. The van der Waals surface area contributed by atoms with Crippen LogP contribution in [0.5, 0.6) is 0 Å². The molecule has 128 valence electrons. The Bertz CT molecular complexity index is 975. The number of pyridine rings is 1. The molecule has 1 amide bonds. The number of halogens is 1. The van der Waals surface area contributed by atoms with Crippen molar-refractivity contribution >= 4 is 38.7 Å². The second kappa shape index (κ2) is 6.15. The van der Waals surface area contributed by atoms with Crippen LogP contribution in [-0.4, -0.2) is 38.4 Å². The average molecular weight is 400 g/mol. The molecule has 2 aromatic heterocycles. The van der Waals surface area contributed by atoms with Crippen LogP contribution in [-0.2, 0) is 7.05 Å². The first-order valence-electron chi connectivity index (χ1n) is 8.22. The summed E-state index contributed by atoms with van der Waals surface area (Å²) in [5.74, 6) is 0.331. The molecule has 0 bridgehead atoms. The Kier molecular flexibility index (Phi) is 3.95. The van der Waals surface area contributed by atoms with Crippen LogP contribution < -0.4 is 5.73 Å². The van der Waals surface area contributed by atoms with E-state index in [-0.39, 0.29) is 5.91 Å². The third-order valence-electron chi connectivity index (χ3n) is 4.59. The second-order valence-corrected chi connectivity index (χ2v) is 7.20. The van der Waals surface area contributed by atoms with Crippen molar-refractivity contribution in [2.24, 2.45) is 7.05 Å². The summed E-state index contributed by atoms with van der Waals surface area (Å²) in [5, 5.41) is 0. The quantitative estimate of drug-likeness (QED) is 0.717. The minimum Gasteiger partial charge on any atom is -0.382 e. The molecule has 7 heteroatoms. The average Bonchev–Trinajstić information content (AvgIpc) is 3.25. The van der Waals surface area contributed by atoms with Gasteiger partial charge in [0, 0.05) is 30.2 Å². The summed E-state index contributed by atoms with van der Waals surface area (Å²) in [5.41, 5.74) is 9.48. The number of aryl methyl sites for hydroxylation is 1. The Morgan fingerprint density at radius 1 is 1.28 bits per heavy atom. The van der Waals surface area contributed by atoms with E-state index >= 15 is 0 Å². The largest absolute Gasteiger partial charge is 0.382 e. The number of rotatable bonds is 2. The number of benzene rings is 1. The van der Waals surface area contributed by atoms with Crippen LogP contribution in [0.15, 0.2) is 35.1 Å². The first kappa shape index (κ1) is 16.1. The van der Waals surface area contributed by atoms with Crippen molar-refractivity contribution in [3.05, 3.63) is 40.6 Å². The maximum absolute atomic E-state index is 13.3. The van der Waals surface area contributed by atoms with Crippen molar-refractivity contribution in [2.45, 2.75) is 12.8 Å². The lowest BCUT2D eigenvalue weighted by molar-refractivity contribution is 0.0795. The summed E-state index contributed by atoms with van der Waals surface area (Å²) in [6.45, 7) is 1.56. The van der Waals surface area contributed by atoms with E-state index in [0.29, 0.717) is 22.6 Å². The SMILES string of the molecule is Cn1cnc2c(N)nc(-c3cccc(Br)c3)c(C(=O)N3CCCC3)c21. The van der Waals surface area contributed by atoms with Crippen molar-refractivity contribution in [2.75, 3.05) is 18.8 Å². The van der Waals surface area contributed by atoms with Crippen LogP contribution >= 0.6 is 15.9 Å². The molecule has 3 heterocycles. The highest BCUT2D eigenvalue weighted by Crippen LogP contribution is 2.33. The molecule has 6 nitrogen and oxygen atoms in total. The van der Waals surface area contributed by atoms with Crippen molar-refractivity contribution in [1.29, 1.82) is 0 Å². The summed E-state index contributed by atoms with van der Waals surface area (Å²) in [7, 11) is 1.88. The van der Waals surface area contributed by atoms with Gasteiger partial charge in [-0.15, -0.1) is 0 Å². The van der Waals surface area contributed by atoms with Crippen LogP contribution in [0, 0.1) is 0 Å². The fourth-order valence-corrected chi connectivity index (χ4v) is 3.78. The molecule has 0 atom stereocenters. The molecule has 1 aromatic carbocycles. The molecule has 0 aliphatic carbocycles. The van der Waals surface area contributed by atoms with Crippen molar-refractivity contribution in [3.63, 3.8) is 0 Å². The Balaban J connectivity index is 2.02. The zero-order valence-corrected chi connectivity index (χ0v) is 15.5. The first-order valence-corrected chi connectivity index (χ1v) is 9.01. The smallest absolute Gasteiger partial charge is 0.258 e. The number of hydrogen-bond donors (Lipinski definition) is 1. The standard InChI is InChI=1S/C18H18BrN5O/c1-23-10-21-15-16(23)13(18(25)24-7-2-3-8-24)14(22-17(15)20)11-5-4-6-12(19)9-11/h4-6,9-10H,2-3,7-8H2,1H3,(H2,20,22). The summed E-state index contributed by atoms with van der Waals surface area (Å²) in [6, 6.07) is 7.76. The molecule has 0 unspecified atom stereocenters. The first-order chi connectivity index (χ1) is 12.1. The zero-order valence-electron chi connectivity index (χ0n) is 13.9. The van der Waals surface area contributed by atoms with Gasteiger partial charge < -0.3 is 15.2 Å². The maximum atomic E-state index is 13.3. The molecule has 1 saturated heterocycles. The summed E-state index contributed by atoms with van der Waals surface area (Å²) >= 11 is 3.49. The van der Waals surface area contributed by atoms with E-state index in [1.807, 2.05) is 40.8 Å². The number of nitrogens with zero attached hydrogens (tertiary/aromatic N) is 4. The predicted octanol–water partition coefficient (Wildman–Crippen LogP) is 3.22. The van der Waals surface area contributed by atoms with Gasteiger partial charge in [0.15, 0.2) is 5.82 Å². The van der Waals surface area contributed by atoms with Crippen LogP contribution in [0.2, 0.25) is 0 Å². The highest BCUT2D eigenvalue weighted by Gasteiger charge is 2.28. The van der Waals surface area contributed by atoms with E-state index in [1.54, 1.807) is 6.33 Å². The third-order valence-corrected chi connectivity index (χ3v) is 5.08. The number of carbonyl (C=O) groups excluding carboxylic acids is 1. The van der Waals surface area contributed by atoms with E-state index in [0.717, 1.165) is 41.5 Å². The molecule has 4 rings (SSSR count). The van der Waals surface area contributed by atoms with Crippen molar-refractivity contribution in [1.82, 2.24) is 19.4 Å². The Hall–Kier alpha value is -2.41. The molecular weight excluding hydrogens is 382 g/mol. The molecule has 2 N–H and O–H groups in total. The number of imidazole rings is 1. The lowest BCUT2D eigenvalue weighted by Gasteiger charge is -2.19. The highest BCUT2D eigenvalue weighted by molar-refractivity contribution is 9.10. The van der Waals surface area contributed by atoms with Gasteiger partial charge >= 0.3 is 0 Å². The molecule has 25 heavy (non-hydrogen) atoms. The molecule has 0 radical (unpaired) electrons. The maximum Gasteiger partial charge on any atom is 0.258 e. The fraction of sp³-hybridized carbons (Fsp3) is 0.278. The highest BCUT2D eigenvalue weighted by atomic mass is 79.9. The number of aromatic nitrogens is 3. The number of anilines is 1. The number of nitrogens with two attached hydrogens (primary N) is 1. The van der Waals surface area contributed by atoms with E-state index < -0.39 is 0 Å². The molecule has 0 spiro atoms. The number of likely N-dealkylation sites (tertiary alicyclic amines) is 1. The minimum atomic E-state index is -0.00595. The van der Waals surface area contributed by atoms with Gasteiger partial charge in [0.25, 0.3) is 5.91 Å². The fourth-order valence-electron chi connectivity index (χ4n) is 3.38. The number of carbonyl (C=O) groups is 1. The van der Waals surface area contributed by atoms with Gasteiger partial charge in [-0.3, -0.25) is 4.79 Å². The van der Waals surface area contributed by atoms with Gasteiger partial charge in [0.1, 0.15) is 5.52 Å². The van der Waals surface area contributed by atoms with Crippen molar-refractivity contribution < 1.29 is 4.79 Å². The molecule has 1 aliphatic heterocycles. The normalized spacial score (nSPS) is 14.4. The van der Waals surface area contributed by atoms with Crippen LogP contribution in [0.4, 0.5) is 5.82 Å². The summed E-state index contributed by atoms with van der Waals surface area (Å²) < 4.78 is 2.77. The third kappa shape index (κ3) is 2.68. The van der Waals surface area contributed by atoms with E-state index in [9.17, 15) is 4.79 Å². The minimum absolute atomic E-state index is 0.00595. The van der Waals surface area contributed by atoms with Crippen LogP contribution in [0.3, 0.4) is 0 Å². The van der Waals surface area contributed by atoms with Gasteiger partial charge in [-0.2, -0.15) is 0 Å². The van der Waals surface area contributed by atoms with Crippen LogP contribution in [0.1, 0.15) is 23.2 Å². The monoisotopic (exact) mass is 399 g/mol.